The first-order valence-electron chi connectivity index (χ1n) is 9.02. The molecular weight excluding hydrogens is 326 g/mol. The number of pyridine rings is 1. The zero-order valence-corrected chi connectivity index (χ0v) is 14.5. The van der Waals surface area contributed by atoms with E-state index < -0.39 is 0 Å². The zero-order valence-electron chi connectivity index (χ0n) is 14.5. The molecule has 1 amide bonds. The van der Waals surface area contributed by atoms with Crippen LogP contribution in [0.1, 0.15) is 41.2 Å². The molecule has 2 aromatic heterocycles. The Hall–Kier alpha value is -2.95. The molecule has 5 nitrogen and oxygen atoms in total. The molecule has 1 atom stereocenters. The molecule has 0 saturated carbocycles. The van der Waals surface area contributed by atoms with Crippen LogP contribution < -0.4 is 0 Å². The van der Waals surface area contributed by atoms with E-state index in [9.17, 15) is 4.79 Å². The van der Waals surface area contributed by atoms with Gasteiger partial charge in [0.05, 0.1) is 0 Å². The second kappa shape index (κ2) is 7.52. The third-order valence-electron chi connectivity index (χ3n) is 4.96. The highest BCUT2D eigenvalue weighted by atomic mass is 16.5. The number of likely N-dealkylation sites (tertiary alicyclic amines) is 1. The molecule has 0 bridgehead atoms. The lowest BCUT2D eigenvalue weighted by Crippen LogP contribution is -2.32. The van der Waals surface area contributed by atoms with Gasteiger partial charge in [-0.1, -0.05) is 35.5 Å². The molecule has 132 valence electrons. The maximum absolute atomic E-state index is 12.8. The average Bonchev–Trinajstić information content (AvgIpc) is 3.07. The van der Waals surface area contributed by atoms with E-state index in [4.69, 9.17) is 4.52 Å². The third kappa shape index (κ3) is 3.52. The third-order valence-corrected chi connectivity index (χ3v) is 4.96. The lowest BCUT2D eigenvalue weighted by atomic mass is 9.92. The molecule has 1 aromatic carbocycles. The minimum Gasteiger partial charge on any atom is -0.355 e. The van der Waals surface area contributed by atoms with Gasteiger partial charge in [0, 0.05) is 37.1 Å². The van der Waals surface area contributed by atoms with Gasteiger partial charge in [0.15, 0.2) is 11.5 Å². The fraction of sp³-hybridized carbons (Fsp3) is 0.286. The normalized spacial score (nSPS) is 17.7. The molecule has 3 aromatic rings. The number of carbonyl (C=O) groups is 1. The summed E-state index contributed by atoms with van der Waals surface area (Å²) in [6.07, 6.45) is 6.48. The fourth-order valence-corrected chi connectivity index (χ4v) is 3.54. The van der Waals surface area contributed by atoms with Crippen molar-refractivity contribution in [3.63, 3.8) is 0 Å². The van der Waals surface area contributed by atoms with Crippen LogP contribution in [0.3, 0.4) is 0 Å². The van der Waals surface area contributed by atoms with Gasteiger partial charge >= 0.3 is 0 Å². The van der Waals surface area contributed by atoms with E-state index in [0.717, 1.165) is 37.9 Å². The zero-order chi connectivity index (χ0) is 17.8. The summed E-state index contributed by atoms with van der Waals surface area (Å²) >= 11 is 0. The molecule has 0 aliphatic carbocycles. The summed E-state index contributed by atoms with van der Waals surface area (Å²) in [4.78, 5) is 18.8. The van der Waals surface area contributed by atoms with Gasteiger partial charge < -0.3 is 9.42 Å². The van der Waals surface area contributed by atoms with E-state index in [1.807, 2.05) is 23.1 Å². The van der Waals surface area contributed by atoms with E-state index in [1.165, 1.54) is 5.56 Å². The maximum atomic E-state index is 12.8. The van der Waals surface area contributed by atoms with Crippen LogP contribution in [-0.4, -0.2) is 34.0 Å². The van der Waals surface area contributed by atoms with Crippen LogP contribution in [0.25, 0.3) is 11.3 Å². The van der Waals surface area contributed by atoms with Gasteiger partial charge in [0.2, 0.25) is 0 Å². The quantitative estimate of drug-likeness (QED) is 0.714. The Balaban J connectivity index is 1.45. The van der Waals surface area contributed by atoms with E-state index in [1.54, 1.807) is 18.5 Å². The van der Waals surface area contributed by atoms with Crippen LogP contribution in [0, 0.1) is 0 Å². The van der Waals surface area contributed by atoms with Gasteiger partial charge in [-0.2, -0.15) is 0 Å². The first kappa shape index (κ1) is 16.5. The van der Waals surface area contributed by atoms with Crippen molar-refractivity contribution in [3.8, 4) is 11.3 Å². The summed E-state index contributed by atoms with van der Waals surface area (Å²) in [5.74, 6) is 1.02. The molecule has 1 aliphatic rings. The summed E-state index contributed by atoms with van der Waals surface area (Å²) in [5, 5.41) is 3.98. The van der Waals surface area contributed by atoms with Crippen molar-refractivity contribution in [2.75, 3.05) is 13.1 Å². The van der Waals surface area contributed by atoms with Gasteiger partial charge in [-0.25, -0.2) is 0 Å². The van der Waals surface area contributed by atoms with Crippen LogP contribution in [0.5, 0.6) is 0 Å². The van der Waals surface area contributed by atoms with Crippen LogP contribution >= 0.6 is 0 Å². The monoisotopic (exact) mass is 347 g/mol. The van der Waals surface area contributed by atoms with Crippen LogP contribution in [0.2, 0.25) is 0 Å². The minimum atomic E-state index is -0.0578. The maximum Gasteiger partial charge on any atom is 0.276 e. The van der Waals surface area contributed by atoms with Crippen molar-refractivity contribution in [1.29, 1.82) is 0 Å². The van der Waals surface area contributed by atoms with Crippen LogP contribution in [0.15, 0.2) is 65.4 Å². The summed E-state index contributed by atoms with van der Waals surface area (Å²) < 4.78 is 5.35. The number of rotatable bonds is 3. The second-order valence-electron chi connectivity index (χ2n) is 6.65. The van der Waals surface area contributed by atoms with Crippen molar-refractivity contribution in [2.24, 2.45) is 0 Å². The highest BCUT2D eigenvalue weighted by molar-refractivity contribution is 5.93. The molecule has 3 heterocycles. The van der Waals surface area contributed by atoms with Crippen molar-refractivity contribution >= 4 is 5.91 Å². The molecule has 26 heavy (non-hydrogen) atoms. The van der Waals surface area contributed by atoms with Crippen LogP contribution in [0.4, 0.5) is 0 Å². The van der Waals surface area contributed by atoms with E-state index in [0.29, 0.717) is 17.4 Å². The first-order chi connectivity index (χ1) is 12.8. The highest BCUT2D eigenvalue weighted by Crippen LogP contribution is 2.28. The summed E-state index contributed by atoms with van der Waals surface area (Å²) in [5.41, 5.74) is 2.54. The summed E-state index contributed by atoms with van der Waals surface area (Å²) in [6, 6.07) is 16.0. The van der Waals surface area contributed by atoms with E-state index in [2.05, 4.69) is 34.4 Å². The Morgan fingerprint density at radius 3 is 2.77 bits per heavy atom. The number of amides is 1. The van der Waals surface area contributed by atoms with Crippen molar-refractivity contribution in [3.05, 3.63) is 72.2 Å². The molecule has 0 N–H and O–H groups in total. The predicted molar refractivity (Wildman–Crippen MR) is 98.7 cm³/mol. The highest BCUT2D eigenvalue weighted by Gasteiger charge is 2.24. The SMILES string of the molecule is O=C(c1cc(-c2cccnc2)on1)N1CCC[C@@H](c2ccccc2)CC1. The molecule has 0 spiro atoms. The van der Waals surface area contributed by atoms with Crippen molar-refractivity contribution in [1.82, 2.24) is 15.0 Å². The van der Waals surface area contributed by atoms with Gasteiger partial charge in [0.25, 0.3) is 5.91 Å². The topological polar surface area (TPSA) is 59.2 Å². The Labute approximate surface area is 152 Å². The molecule has 0 radical (unpaired) electrons. The number of aromatic nitrogens is 2. The molecule has 1 fully saturated rings. The van der Waals surface area contributed by atoms with Crippen molar-refractivity contribution in [2.45, 2.75) is 25.2 Å². The largest absolute Gasteiger partial charge is 0.355 e. The summed E-state index contributed by atoms with van der Waals surface area (Å²) in [7, 11) is 0. The lowest BCUT2D eigenvalue weighted by molar-refractivity contribution is 0.0750. The molecule has 4 rings (SSSR count). The smallest absolute Gasteiger partial charge is 0.276 e. The number of nitrogens with zero attached hydrogens (tertiary/aromatic N) is 3. The van der Waals surface area contributed by atoms with E-state index in [-0.39, 0.29) is 5.91 Å². The molecule has 1 saturated heterocycles. The lowest BCUT2D eigenvalue weighted by Gasteiger charge is -2.19. The average molecular weight is 347 g/mol. The van der Waals surface area contributed by atoms with Gasteiger partial charge in [0.1, 0.15) is 0 Å². The van der Waals surface area contributed by atoms with Gasteiger partial charge in [-0.05, 0) is 42.9 Å². The molecule has 5 heteroatoms. The molecular formula is C21H21N3O2. The number of carbonyl (C=O) groups excluding carboxylic acids is 1. The Kier molecular flexibility index (Phi) is 4.78. The number of hydrogen-bond donors (Lipinski definition) is 0. The second-order valence-corrected chi connectivity index (χ2v) is 6.65. The Morgan fingerprint density at radius 1 is 1.08 bits per heavy atom. The van der Waals surface area contributed by atoms with Crippen molar-refractivity contribution < 1.29 is 9.32 Å². The molecule has 1 aliphatic heterocycles. The van der Waals surface area contributed by atoms with E-state index >= 15 is 0 Å². The Morgan fingerprint density at radius 2 is 1.96 bits per heavy atom. The van der Waals surface area contributed by atoms with Gasteiger partial charge in [-0.15, -0.1) is 0 Å². The van der Waals surface area contributed by atoms with Gasteiger partial charge in [-0.3, -0.25) is 9.78 Å². The predicted octanol–water partition coefficient (Wildman–Crippen LogP) is 4.15. The number of benzene rings is 1. The fourth-order valence-electron chi connectivity index (χ4n) is 3.54. The minimum absolute atomic E-state index is 0.0578. The summed E-state index contributed by atoms with van der Waals surface area (Å²) in [6.45, 7) is 1.50. The van der Waals surface area contributed by atoms with Crippen LogP contribution in [-0.2, 0) is 0 Å². The molecule has 0 unspecified atom stereocenters. The first-order valence-corrected chi connectivity index (χ1v) is 9.02. The number of hydrogen-bond acceptors (Lipinski definition) is 4. The Bertz CT molecular complexity index is 861. The standard InChI is InChI=1S/C21H21N3O2/c25-21(19-14-20(26-23-19)18-8-4-11-22-15-18)24-12-5-9-17(10-13-24)16-6-2-1-3-7-16/h1-4,6-8,11,14-15,17H,5,9-10,12-13H2/t17-/m1/s1.